The molecular formula is C20H21ClN6O2. The van der Waals surface area contributed by atoms with E-state index in [0.717, 1.165) is 42.8 Å². The summed E-state index contributed by atoms with van der Waals surface area (Å²) in [5.74, 6) is 1.15. The summed E-state index contributed by atoms with van der Waals surface area (Å²) in [5, 5.41) is 12.0. The second-order valence-corrected chi connectivity index (χ2v) is 7.14. The van der Waals surface area contributed by atoms with Crippen molar-refractivity contribution in [1.29, 1.82) is 0 Å². The number of hydrogen-bond donors (Lipinski definition) is 2. The van der Waals surface area contributed by atoms with Gasteiger partial charge in [-0.1, -0.05) is 29.4 Å². The number of piperidine rings is 1. The lowest BCUT2D eigenvalue weighted by Crippen LogP contribution is -2.28. The molecule has 1 aliphatic heterocycles. The zero-order valence-corrected chi connectivity index (χ0v) is 16.7. The average Bonchev–Trinajstić information content (AvgIpc) is 3.35. The van der Waals surface area contributed by atoms with Crippen LogP contribution in [0.2, 0.25) is 0 Å². The van der Waals surface area contributed by atoms with Gasteiger partial charge in [0.15, 0.2) is 0 Å². The molecule has 0 aliphatic carbocycles. The Bertz CT molecular complexity index is 1210. The Labute approximate surface area is 172 Å². The topological polar surface area (TPSA) is 101 Å². The van der Waals surface area contributed by atoms with Crippen molar-refractivity contribution in [2.24, 2.45) is 0 Å². The van der Waals surface area contributed by atoms with E-state index in [1.165, 1.54) is 0 Å². The van der Waals surface area contributed by atoms with Gasteiger partial charge in [-0.15, -0.1) is 12.4 Å². The molecule has 0 spiro atoms. The van der Waals surface area contributed by atoms with Crippen molar-refractivity contribution in [2.45, 2.75) is 25.7 Å². The van der Waals surface area contributed by atoms with Crippen molar-refractivity contribution in [2.75, 3.05) is 13.1 Å². The molecule has 8 nitrogen and oxygen atoms in total. The Kier molecular flexibility index (Phi) is 5.21. The standard InChI is InChI=1S/C20H20N6O2.ClH/c1-12-4-2-3-5-14(12)18-24-20(28-25-18)15-11-22-26-16(10-17(27)23-19(15)26)13-6-8-21-9-7-13;/h2-5,10-11,13,21H,6-9H2,1H3,(H,23,27);1H. The normalized spacial score (nSPS) is 14.8. The Balaban J connectivity index is 0.00000205. The molecule has 1 aromatic carbocycles. The number of nitrogens with one attached hydrogen (secondary N) is 2. The van der Waals surface area contributed by atoms with Gasteiger partial charge in [-0.25, -0.2) is 4.52 Å². The van der Waals surface area contributed by atoms with Crippen LogP contribution in [0.3, 0.4) is 0 Å². The zero-order valence-electron chi connectivity index (χ0n) is 15.9. The number of aromatic nitrogens is 5. The predicted molar refractivity (Wildman–Crippen MR) is 111 cm³/mol. The fourth-order valence-corrected chi connectivity index (χ4v) is 3.84. The van der Waals surface area contributed by atoms with E-state index in [0.29, 0.717) is 28.8 Å². The summed E-state index contributed by atoms with van der Waals surface area (Å²) in [6.07, 6.45) is 3.63. The van der Waals surface area contributed by atoms with Crippen LogP contribution < -0.4 is 10.9 Å². The molecular weight excluding hydrogens is 392 g/mol. The molecule has 0 bridgehead atoms. The number of halogens is 1. The summed E-state index contributed by atoms with van der Waals surface area (Å²) in [5.41, 5.74) is 3.96. The maximum absolute atomic E-state index is 12.3. The summed E-state index contributed by atoms with van der Waals surface area (Å²) in [4.78, 5) is 19.7. The monoisotopic (exact) mass is 412 g/mol. The number of benzene rings is 1. The minimum atomic E-state index is -0.151. The lowest BCUT2D eigenvalue weighted by molar-refractivity contribution is 0.432. The third kappa shape index (κ3) is 3.45. The molecule has 0 atom stereocenters. The zero-order chi connectivity index (χ0) is 19.1. The van der Waals surface area contributed by atoms with Crippen LogP contribution in [0.1, 0.15) is 30.0 Å². The van der Waals surface area contributed by atoms with Gasteiger partial charge in [0, 0.05) is 17.5 Å². The van der Waals surface area contributed by atoms with E-state index in [9.17, 15) is 4.79 Å². The van der Waals surface area contributed by atoms with Gasteiger partial charge in [-0.3, -0.25) is 4.79 Å². The highest BCUT2D eigenvalue weighted by atomic mass is 35.5. The second-order valence-electron chi connectivity index (χ2n) is 7.14. The largest absolute Gasteiger partial charge is 0.333 e. The maximum atomic E-state index is 12.3. The molecule has 29 heavy (non-hydrogen) atoms. The van der Waals surface area contributed by atoms with E-state index in [-0.39, 0.29) is 18.0 Å². The van der Waals surface area contributed by atoms with Crippen molar-refractivity contribution in [3.8, 4) is 22.8 Å². The molecule has 1 aliphatic rings. The molecule has 0 amide bonds. The molecule has 0 unspecified atom stereocenters. The number of aromatic amines is 1. The van der Waals surface area contributed by atoms with Crippen molar-refractivity contribution < 1.29 is 4.52 Å². The number of H-pyrrole nitrogens is 1. The van der Waals surface area contributed by atoms with E-state index in [1.54, 1.807) is 16.8 Å². The van der Waals surface area contributed by atoms with Crippen LogP contribution >= 0.6 is 12.4 Å². The van der Waals surface area contributed by atoms with Gasteiger partial charge in [-0.05, 0) is 38.4 Å². The van der Waals surface area contributed by atoms with E-state index < -0.39 is 0 Å². The van der Waals surface area contributed by atoms with E-state index in [4.69, 9.17) is 4.52 Å². The number of hydrogen-bond acceptors (Lipinski definition) is 6. The van der Waals surface area contributed by atoms with Crippen LogP contribution in [0.4, 0.5) is 0 Å². The smallest absolute Gasteiger partial charge is 0.263 e. The van der Waals surface area contributed by atoms with Gasteiger partial charge in [0.2, 0.25) is 5.82 Å². The van der Waals surface area contributed by atoms with Crippen LogP contribution in [0.5, 0.6) is 0 Å². The molecule has 3 aromatic heterocycles. The lowest BCUT2D eigenvalue weighted by Gasteiger charge is -2.23. The first kappa shape index (κ1) is 19.4. The first-order valence-electron chi connectivity index (χ1n) is 9.42. The summed E-state index contributed by atoms with van der Waals surface area (Å²) >= 11 is 0. The minimum Gasteiger partial charge on any atom is -0.333 e. The van der Waals surface area contributed by atoms with Crippen molar-refractivity contribution in [1.82, 2.24) is 30.1 Å². The van der Waals surface area contributed by atoms with E-state index in [1.807, 2.05) is 31.2 Å². The second kappa shape index (κ2) is 7.81. The minimum absolute atomic E-state index is 0. The van der Waals surface area contributed by atoms with Crippen LogP contribution in [-0.2, 0) is 0 Å². The van der Waals surface area contributed by atoms with Crippen molar-refractivity contribution >= 4 is 18.1 Å². The number of nitrogens with zero attached hydrogens (tertiary/aromatic N) is 4. The van der Waals surface area contributed by atoms with Crippen LogP contribution in [0, 0.1) is 6.92 Å². The van der Waals surface area contributed by atoms with Gasteiger partial charge in [0.05, 0.1) is 11.9 Å². The molecule has 1 saturated heterocycles. The summed E-state index contributed by atoms with van der Waals surface area (Å²) < 4.78 is 7.30. The summed E-state index contributed by atoms with van der Waals surface area (Å²) in [6.45, 7) is 3.89. The molecule has 0 radical (unpaired) electrons. The van der Waals surface area contributed by atoms with Crippen molar-refractivity contribution in [3.05, 3.63) is 58.1 Å². The fraction of sp³-hybridized carbons (Fsp3) is 0.300. The van der Waals surface area contributed by atoms with Gasteiger partial charge in [0.1, 0.15) is 11.2 Å². The molecule has 1 fully saturated rings. The molecule has 150 valence electrons. The predicted octanol–water partition coefficient (Wildman–Crippen LogP) is 2.94. The molecule has 5 rings (SSSR count). The van der Waals surface area contributed by atoms with Gasteiger partial charge in [-0.2, -0.15) is 10.1 Å². The Hall–Kier alpha value is -2.97. The third-order valence-electron chi connectivity index (χ3n) is 5.33. The Morgan fingerprint density at radius 1 is 1.17 bits per heavy atom. The Morgan fingerprint density at radius 3 is 2.76 bits per heavy atom. The highest BCUT2D eigenvalue weighted by Gasteiger charge is 2.22. The van der Waals surface area contributed by atoms with Gasteiger partial charge >= 0.3 is 0 Å². The molecule has 4 aromatic rings. The third-order valence-corrected chi connectivity index (χ3v) is 5.33. The van der Waals surface area contributed by atoms with E-state index in [2.05, 4.69) is 25.5 Å². The highest BCUT2D eigenvalue weighted by Crippen LogP contribution is 2.29. The Morgan fingerprint density at radius 2 is 1.97 bits per heavy atom. The van der Waals surface area contributed by atoms with E-state index >= 15 is 0 Å². The fourth-order valence-electron chi connectivity index (χ4n) is 3.84. The summed E-state index contributed by atoms with van der Waals surface area (Å²) in [6, 6.07) is 9.52. The molecule has 9 heteroatoms. The molecule has 4 heterocycles. The first-order valence-corrected chi connectivity index (χ1v) is 9.42. The van der Waals surface area contributed by atoms with Crippen LogP contribution in [0.15, 0.2) is 45.8 Å². The van der Waals surface area contributed by atoms with Crippen molar-refractivity contribution in [3.63, 3.8) is 0 Å². The first-order chi connectivity index (χ1) is 13.7. The number of fused-ring (bicyclic) bond motifs is 1. The van der Waals surface area contributed by atoms with Gasteiger partial charge < -0.3 is 14.8 Å². The SMILES string of the molecule is Cc1ccccc1-c1noc(-c2cnn3c(C4CCNCC4)cc(=O)[nH]c23)n1.Cl. The van der Waals surface area contributed by atoms with Crippen LogP contribution in [0.25, 0.3) is 28.5 Å². The summed E-state index contributed by atoms with van der Waals surface area (Å²) in [7, 11) is 0. The number of rotatable bonds is 3. The lowest BCUT2D eigenvalue weighted by atomic mass is 9.94. The number of aryl methyl sites for hydroxylation is 1. The van der Waals surface area contributed by atoms with Gasteiger partial charge in [0.25, 0.3) is 11.4 Å². The highest BCUT2D eigenvalue weighted by molar-refractivity contribution is 5.85. The quantitative estimate of drug-likeness (QED) is 0.536. The molecule has 2 N–H and O–H groups in total. The average molecular weight is 413 g/mol. The van der Waals surface area contributed by atoms with Crippen LogP contribution in [-0.4, -0.2) is 37.8 Å². The molecule has 0 saturated carbocycles. The maximum Gasteiger partial charge on any atom is 0.263 e.